The average Bonchev–Trinajstić information content (AvgIpc) is 2.40. The Labute approximate surface area is 132 Å². The van der Waals surface area contributed by atoms with Crippen LogP contribution < -0.4 is 0 Å². The first-order valence-corrected chi connectivity index (χ1v) is 7.32. The molecule has 0 aliphatic heterocycles. The van der Waals surface area contributed by atoms with E-state index in [1.165, 1.54) is 6.07 Å². The zero-order valence-electron chi connectivity index (χ0n) is 10.6. The first-order valence-electron chi connectivity index (χ1n) is 6.02. The molecule has 0 bridgehead atoms. The van der Waals surface area contributed by atoms with Gasteiger partial charge in [0.2, 0.25) is 0 Å². The minimum Gasteiger partial charge on any atom is -0.206 e. The number of halogens is 6. The molecule has 2 aromatic rings. The molecule has 0 spiro atoms. The largest absolute Gasteiger partial charge is 0.419 e. The van der Waals surface area contributed by atoms with Crippen molar-refractivity contribution in [1.29, 1.82) is 0 Å². The third-order valence-electron chi connectivity index (χ3n) is 2.99. The first kappa shape index (κ1) is 16.3. The van der Waals surface area contributed by atoms with Crippen LogP contribution in [0.5, 0.6) is 0 Å². The van der Waals surface area contributed by atoms with Crippen LogP contribution in [0.15, 0.2) is 42.5 Å². The van der Waals surface area contributed by atoms with Gasteiger partial charge in [-0.1, -0.05) is 45.7 Å². The molecule has 1 unspecified atom stereocenters. The highest BCUT2D eigenvalue weighted by Gasteiger charge is 2.34. The van der Waals surface area contributed by atoms with Gasteiger partial charge in [0, 0.05) is 9.85 Å². The highest BCUT2D eigenvalue weighted by Crippen LogP contribution is 2.35. The molecule has 2 aromatic carbocycles. The van der Waals surface area contributed by atoms with Gasteiger partial charge in [-0.3, -0.25) is 0 Å². The molecule has 0 aliphatic carbocycles. The Hall–Kier alpha value is -1.07. The van der Waals surface area contributed by atoms with E-state index < -0.39 is 17.6 Å². The molecule has 0 nitrogen and oxygen atoms in total. The number of alkyl halides is 4. The van der Waals surface area contributed by atoms with Gasteiger partial charge in [-0.25, -0.2) is 4.39 Å². The van der Waals surface area contributed by atoms with E-state index in [4.69, 9.17) is 11.6 Å². The van der Waals surface area contributed by atoms with E-state index in [-0.39, 0.29) is 4.83 Å². The molecule has 2 rings (SSSR count). The van der Waals surface area contributed by atoms with Crippen LogP contribution in [0.1, 0.15) is 21.5 Å². The van der Waals surface area contributed by atoms with Gasteiger partial charge in [0.15, 0.2) is 0 Å². The third kappa shape index (κ3) is 4.20. The van der Waals surface area contributed by atoms with Crippen LogP contribution in [-0.4, -0.2) is 0 Å². The predicted molar refractivity (Wildman–Crippen MR) is 78.2 cm³/mol. The molecule has 112 valence electrons. The lowest BCUT2D eigenvalue weighted by molar-refractivity contribution is -0.140. The van der Waals surface area contributed by atoms with Crippen molar-refractivity contribution < 1.29 is 17.6 Å². The third-order valence-corrected chi connectivity index (χ3v) is 4.09. The standard InChI is InChI=1S/C15H10BrClF4/c16-13(7-9-1-4-11(17)5-2-9)10-3-6-14(18)12(8-10)15(19,20)21/h1-6,8,13H,7H2. The lowest BCUT2D eigenvalue weighted by atomic mass is 10.0. The summed E-state index contributed by atoms with van der Waals surface area (Å²) in [7, 11) is 0. The van der Waals surface area contributed by atoms with Crippen molar-refractivity contribution in [3.05, 3.63) is 70.0 Å². The summed E-state index contributed by atoms with van der Waals surface area (Å²) in [6.45, 7) is 0. The van der Waals surface area contributed by atoms with Crippen LogP contribution in [0, 0.1) is 5.82 Å². The maximum Gasteiger partial charge on any atom is 0.419 e. The van der Waals surface area contributed by atoms with Gasteiger partial charge >= 0.3 is 6.18 Å². The number of hydrogen-bond donors (Lipinski definition) is 0. The molecule has 1 atom stereocenters. The summed E-state index contributed by atoms with van der Waals surface area (Å²) in [5, 5.41) is 0.589. The summed E-state index contributed by atoms with van der Waals surface area (Å²) in [5.41, 5.74) is 0.0402. The number of rotatable bonds is 3. The van der Waals surface area contributed by atoms with E-state index in [9.17, 15) is 17.6 Å². The van der Waals surface area contributed by atoms with Crippen molar-refractivity contribution in [2.45, 2.75) is 17.4 Å². The minimum atomic E-state index is -4.70. The van der Waals surface area contributed by atoms with E-state index >= 15 is 0 Å². The maximum absolute atomic E-state index is 13.3. The molecule has 0 aromatic heterocycles. The summed E-state index contributed by atoms with van der Waals surface area (Å²) < 4.78 is 51.3. The molecule has 0 fully saturated rings. The molecule has 0 saturated heterocycles. The van der Waals surface area contributed by atoms with Crippen LogP contribution in [0.4, 0.5) is 17.6 Å². The van der Waals surface area contributed by atoms with Gasteiger partial charge in [0.25, 0.3) is 0 Å². The van der Waals surface area contributed by atoms with Crippen LogP contribution in [0.3, 0.4) is 0 Å². The fourth-order valence-corrected chi connectivity index (χ4v) is 2.68. The van der Waals surface area contributed by atoms with Crippen molar-refractivity contribution in [3.63, 3.8) is 0 Å². The van der Waals surface area contributed by atoms with Crippen LogP contribution in [0.2, 0.25) is 5.02 Å². The Morgan fingerprint density at radius 3 is 2.24 bits per heavy atom. The van der Waals surface area contributed by atoms with Gasteiger partial charge in [-0.05, 0) is 41.8 Å². The van der Waals surface area contributed by atoms with Crippen molar-refractivity contribution >= 4 is 27.5 Å². The molecular weight excluding hydrogens is 372 g/mol. The summed E-state index contributed by atoms with van der Waals surface area (Å²) in [6.07, 6.45) is -4.23. The Morgan fingerprint density at radius 2 is 1.67 bits per heavy atom. The zero-order chi connectivity index (χ0) is 15.6. The van der Waals surface area contributed by atoms with Crippen molar-refractivity contribution in [2.75, 3.05) is 0 Å². The molecule has 0 radical (unpaired) electrons. The average molecular weight is 382 g/mol. The summed E-state index contributed by atoms with van der Waals surface area (Å²) in [6, 6.07) is 10.0. The minimum absolute atomic E-state index is 0.347. The second-order valence-electron chi connectivity index (χ2n) is 4.54. The maximum atomic E-state index is 13.3. The monoisotopic (exact) mass is 380 g/mol. The van der Waals surface area contributed by atoms with Gasteiger partial charge in [-0.15, -0.1) is 0 Å². The molecule has 0 aliphatic rings. The van der Waals surface area contributed by atoms with E-state index in [0.717, 1.165) is 17.7 Å². The summed E-state index contributed by atoms with van der Waals surface area (Å²) >= 11 is 9.12. The van der Waals surface area contributed by atoms with Crippen LogP contribution >= 0.6 is 27.5 Å². The van der Waals surface area contributed by atoms with E-state index in [2.05, 4.69) is 15.9 Å². The Kier molecular flexibility index (Phi) is 4.94. The van der Waals surface area contributed by atoms with E-state index in [1.54, 1.807) is 24.3 Å². The predicted octanol–water partition coefficient (Wildman–Crippen LogP) is 6.18. The number of hydrogen-bond acceptors (Lipinski definition) is 0. The fourth-order valence-electron chi connectivity index (χ4n) is 1.90. The highest BCUT2D eigenvalue weighted by molar-refractivity contribution is 9.09. The lowest BCUT2D eigenvalue weighted by Crippen LogP contribution is -2.09. The Balaban J connectivity index is 2.23. The highest BCUT2D eigenvalue weighted by atomic mass is 79.9. The van der Waals surface area contributed by atoms with Gasteiger partial charge in [0.1, 0.15) is 5.82 Å². The second-order valence-corrected chi connectivity index (χ2v) is 6.08. The van der Waals surface area contributed by atoms with Crippen LogP contribution in [0.25, 0.3) is 0 Å². The molecule has 0 saturated carbocycles. The Morgan fingerprint density at radius 1 is 1.05 bits per heavy atom. The molecule has 6 heteroatoms. The Bertz CT molecular complexity index is 623. The molecule has 21 heavy (non-hydrogen) atoms. The second kappa shape index (κ2) is 6.36. The topological polar surface area (TPSA) is 0 Å². The van der Waals surface area contributed by atoms with Gasteiger partial charge in [-0.2, -0.15) is 13.2 Å². The fraction of sp³-hybridized carbons (Fsp3) is 0.200. The molecular formula is C15H10BrClF4. The summed E-state index contributed by atoms with van der Waals surface area (Å²) in [5.74, 6) is -1.27. The molecule has 0 heterocycles. The first-order chi connectivity index (χ1) is 9.77. The normalized spacial score (nSPS) is 13.2. The zero-order valence-corrected chi connectivity index (χ0v) is 12.9. The number of benzene rings is 2. The summed E-state index contributed by atoms with van der Waals surface area (Å²) in [4.78, 5) is -0.347. The van der Waals surface area contributed by atoms with Gasteiger partial charge in [0.05, 0.1) is 5.56 Å². The lowest BCUT2D eigenvalue weighted by Gasteiger charge is -2.14. The molecule has 0 amide bonds. The van der Waals surface area contributed by atoms with E-state index in [1.807, 2.05) is 0 Å². The van der Waals surface area contributed by atoms with Crippen LogP contribution in [-0.2, 0) is 12.6 Å². The van der Waals surface area contributed by atoms with E-state index in [0.29, 0.717) is 17.0 Å². The quantitative estimate of drug-likeness (QED) is 0.440. The van der Waals surface area contributed by atoms with Crippen molar-refractivity contribution in [1.82, 2.24) is 0 Å². The SMILES string of the molecule is Fc1ccc(C(Br)Cc2ccc(Cl)cc2)cc1C(F)(F)F. The van der Waals surface area contributed by atoms with Gasteiger partial charge < -0.3 is 0 Å². The van der Waals surface area contributed by atoms with Crippen molar-refractivity contribution in [2.24, 2.45) is 0 Å². The van der Waals surface area contributed by atoms with Crippen molar-refractivity contribution in [3.8, 4) is 0 Å². The smallest absolute Gasteiger partial charge is 0.206 e. The molecule has 0 N–H and O–H groups in total.